The normalized spacial score (nSPS) is 18.1. The zero-order chi connectivity index (χ0) is 17.3. The molecule has 0 bridgehead atoms. The van der Waals surface area contributed by atoms with E-state index in [1.54, 1.807) is 4.90 Å². The van der Waals surface area contributed by atoms with Gasteiger partial charge in [-0.25, -0.2) is 0 Å². The van der Waals surface area contributed by atoms with E-state index in [0.717, 1.165) is 10.9 Å². The predicted octanol–water partition coefficient (Wildman–Crippen LogP) is 2.27. The number of H-pyrrole nitrogens is 1. The van der Waals surface area contributed by atoms with E-state index in [1.807, 2.05) is 24.3 Å². The van der Waals surface area contributed by atoms with Crippen molar-refractivity contribution >= 4 is 16.8 Å². The number of hydrogen-bond acceptors (Lipinski definition) is 3. The molecule has 0 aliphatic carbocycles. The fraction of sp³-hybridized carbons (Fsp3) is 0.500. The number of halogens is 3. The first-order valence-corrected chi connectivity index (χ1v) is 7.81. The minimum atomic E-state index is -4.61. The number of piperidine rings is 1. The van der Waals surface area contributed by atoms with Crippen molar-refractivity contribution < 1.29 is 23.1 Å². The first-order chi connectivity index (χ1) is 11.4. The lowest BCUT2D eigenvalue weighted by molar-refractivity contribution is -0.222. The van der Waals surface area contributed by atoms with Gasteiger partial charge in [0.25, 0.3) is 0 Å². The summed E-state index contributed by atoms with van der Waals surface area (Å²) in [6, 6.07) is 7.42. The number of fused-ring (bicyclic) bond motifs is 1. The molecule has 0 spiro atoms. The summed E-state index contributed by atoms with van der Waals surface area (Å²) >= 11 is 0. The lowest BCUT2D eigenvalue weighted by Gasteiger charge is -2.34. The number of nitrogens with one attached hydrogen (secondary N) is 1. The van der Waals surface area contributed by atoms with Crippen LogP contribution in [0.3, 0.4) is 0 Å². The molecule has 1 aliphatic heterocycles. The number of aliphatic hydroxyl groups is 1. The summed E-state index contributed by atoms with van der Waals surface area (Å²) in [5.74, 6) is -0.994. The van der Waals surface area contributed by atoms with E-state index < -0.39 is 18.2 Å². The molecule has 130 valence electrons. The van der Waals surface area contributed by atoms with Gasteiger partial charge < -0.3 is 10.0 Å². The molecule has 2 heterocycles. The molecule has 1 unspecified atom stereocenters. The molecular formula is C16H18F3N3O2. The van der Waals surface area contributed by atoms with Crippen LogP contribution in [0.2, 0.25) is 0 Å². The standard InChI is InChI=1S/C16H18F3N3O2/c17-16(18,19)15(24)10-5-7-22(8-6-10)14(23)9-13-11-3-1-2-4-12(11)20-21-13/h1-4,10,15,24H,5-9H2,(H,20,21). The molecule has 2 aromatic rings. The number of nitrogens with zero attached hydrogens (tertiary/aromatic N) is 2. The van der Waals surface area contributed by atoms with Gasteiger partial charge in [0.15, 0.2) is 6.10 Å². The molecule has 1 atom stereocenters. The summed E-state index contributed by atoms with van der Waals surface area (Å²) in [7, 11) is 0. The van der Waals surface area contributed by atoms with Gasteiger partial charge in [0.1, 0.15) is 0 Å². The second-order valence-electron chi connectivity index (χ2n) is 6.10. The van der Waals surface area contributed by atoms with Crippen LogP contribution in [-0.2, 0) is 11.2 Å². The summed E-state index contributed by atoms with van der Waals surface area (Å²) in [6.45, 7) is 0.450. The highest BCUT2D eigenvalue weighted by Crippen LogP contribution is 2.31. The molecule has 8 heteroatoms. The molecule has 2 N–H and O–H groups in total. The van der Waals surface area contributed by atoms with Crippen molar-refractivity contribution in [1.29, 1.82) is 0 Å². The Hall–Kier alpha value is -2.09. The maximum absolute atomic E-state index is 12.5. The van der Waals surface area contributed by atoms with Crippen molar-refractivity contribution in [2.75, 3.05) is 13.1 Å². The Bertz CT molecular complexity index is 721. The number of para-hydroxylation sites is 1. The van der Waals surface area contributed by atoms with Crippen LogP contribution in [0.1, 0.15) is 18.5 Å². The number of benzene rings is 1. The van der Waals surface area contributed by atoms with E-state index in [-0.39, 0.29) is 38.3 Å². The van der Waals surface area contributed by atoms with Gasteiger partial charge in [0, 0.05) is 18.5 Å². The molecule has 1 amide bonds. The summed E-state index contributed by atoms with van der Waals surface area (Å²) in [5, 5.41) is 17.2. The van der Waals surface area contributed by atoms with Crippen LogP contribution in [0.15, 0.2) is 24.3 Å². The molecule has 0 saturated carbocycles. The number of alkyl halides is 3. The van der Waals surface area contributed by atoms with E-state index in [4.69, 9.17) is 0 Å². The Balaban J connectivity index is 1.60. The summed E-state index contributed by atoms with van der Waals surface area (Å²) in [4.78, 5) is 13.9. The molecule has 1 aromatic carbocycles. The van der Waals surface area contributed by atoms with Crippen molar-refractivity contribution in [3.63, 3.8) is 0 Å². The quantitative estimate of drug-likeness (QED) is 0.900. The number of carbonyl (C=O) groups excluding carboxylic acids is 1. The lowest BCUT2D eigenvalue weighted by Crippen LogP contribution is -2.45. The van der Waals surface area contributed by atoms with Gasteiger partial charge >= 0.3 is 6.18 Å². The average Bonchev–Trinajstić information content (AvgIpc) is 2.96. The fourth-order valence-electron chi connectivity index (χ4n) is 3.14. The van der Waals surface area contributed by atoms with Crippen molar-refractivity contribution in [3.05, 3.63) is 30.0 Å². The first kappa shape index (κ1) is 16.8. The fourth-order valence-corrected chi connectivity index (χ4v) is 3.14. The molecule has 1 fully saturated rings. The second-order valence-corrected chi connectivity index (χ2v) is 6.10. The summed E-state index contributed by atoms with van der Waals surface area (Å²) in [5.41, 5.74) is 1.47. The number of carbonyl (C=O) groups is 1. The predicted molar refractivity (Wildman–Crippen MR) is 81.2 cm³/mol. The van der Waals surface area contributed by atoms with Gasteiger partial charge in [-0.1, -0.05) is 18.2 Å². The minimum absolute atomic E-state index is 0.132. The molecule has 5 nitrogen and oxygen atoms in total. The summed E-state index contributed by atoms with van der Waals surface area (Å²) < 4.78 is 37.6. The van der Waals surface area contributed by atoms with Crippen molar-refractivity contribution in [1.82, 2.24) is 15.1 Å². The second kappa shape index (κ2) is 6.43. The molecule has 3 rings (SSSR count). The number of aromatic nitrogens is 2. The molecular weight excluding hydrogens is 323 g/mol. The maximum atomic E-state index is 12.5. The van der Waals surface area contributed by atoms with Crippen molar-refractivity contribution in [2.24, 2.45) is 5.92 Å². The van der Waals surface area contributed by atoms with Crippen LogP contribution >= 0.6 is 0 Å². The van der Waals surface area contributed by atoms with Crippen LogP contribution < -0.4 is 0 Å². The van der Waals surface area contributed by atoms with E-state index in [0.29, 0.717) is 5.69 Å². The Morgan fingerprint density at radius 3 is 2.67 bits per heavy atom. The zero-order valence-corrected chi connectivity index (χ0v) is 12.9. The van der Waals surface area contributed by atoms with Crippen LogP contribution in [0, 0.1) is 5.92 Å². The van der Waals surface area contributed by atoms with Crippen LogP contribution in [0.5, 0.6) is 0 Å². The molecule has 1 aliphatic rings. The number of aliphatic hydroxyl groups excluding tert-OH is 1. The highest BCUT2D eigenvalue weighted by molar-refractivity contribution is 5.87. The Labute approximate surface area is 136 Å². The molecule has 1 aromatic heterocycles. The van der Waals surface area contributed by atoms with Crippen LogP contribution in [0.4, 0.5) is 13.2 Å². The zero-order valence-electron chi connectivity index (χ0n) is 12.9. The third kappa shape index (κ3) is 3.38. The topological polar surface area (TPSA) is 69.2 Å². The van der Waals surface area contributed by atoms with Crippen molar-refractivity contribution in [2.45, 2.75) is 31.5 Å². The number of aromatic amines is 1. The Morgan fingerprint density at radius 2 is 2.00 bits per heavy atom. The van der Waals surface area contributed by atoms with E-state index in [9.17, 15) is 23.1 Å². The smallest absolute Gasteiger partial charge is 0.383 e. The van der Waals surface area contributed by atoms with Crippen LogP contribution in [-0.4, -0.2) is 51.5 Å². The number of hydrogen-bond donors (Lipinski definition) is 2. The molecule has 24 heavy (non-hydrogen) atoms. The van der Waals surface area contributed by atoms with E-state index in [1.165, 1.54) is 0 Å². The highest BCUT2D eigenvalue weighted by Gasteiger charge is 2.44. The molecule has 0 radical (unpaired) electrons. The number of rotatable bonds is 3. The van der Waals surface area contributed by atoms with Crippen molar-refractivity contribution in [3.8, 4) is 0 Å². The maximum Gasteiger partial charge on any atom is 0.414 e. The SMILES string of the molecule is O=C(Cc1[nH]nc2ccccc12)N1CCC(C(O)C(F)(F)F)CC1. The van der Waals surface area contributed by atoms with Gasteiger partial charge in [0.05, 0.1) is 17.6 Å². The van der Waals surface area contributed by atoms with Gasteiger partial charge in [-0.2, -0.15) is 18.3 Å². The van der Waals surface area contributed by atoms with E-state index in [2.05, 4.69) is 10.2 Å². The molecule has 1 saturated heterocycles. The number of likely N-dealkylation sites (tertiary alicyclic amines) is 1. The largest absolute Gasteiger partial charge is 0.414 e. The monoisotopic (exact) mass is 341 g/mol. The third-order valence-electron chi connectivity index (χ3n) is 4.54. The Kier molecular flexibility index (Phi) is 4.49. The Morgan fingerprint density at radius 1 is 1.33 bits per heavy atom. The highest BCUT2D eigenvalue weighted by atomic mass is 19.4. The van der Waals surface area contributed by atoms with Crippen LogP contribution in [0.25, 0.3) is 10.9 Å². The first-order valence-electron chi connectivity index (χ1n) is 7.81. The minimum Gasteiger partial charge on any atom is -0.383 e. The summed E-state index contributed by atoms with van der Waals surface area (Å²) in [6.07, 6.45) is -6.49. The van der Waals surface area contributed by atoms with Gasteiger partial charge in [-0.15, -0.1) is 0 Å². The van der Waals surface area contributed by atoms with Gasteiger partial charge in [-0.05, 0) is 24.8 Å². The van der Waals surface area contributed by atoms with Gasteiger partial charge in [-0.3, -0.25) is 9.89 Å². The van der Waals surface area contributed by atoms with E-state index >= 15 is 0 Å². The number of amides is 1. The van der Waals surface area contributed by atoms with Gasteiger partial charge in [0.2, 0.25) is 5.91 Å². The third-order valence-corrected chi connectivity index (χ3v) is 4.54. The average molecular weight is 341 g/mol. The lowest BCUT2D eigenvalue weighted by atomic mass is 9.90.